The van der Waals surface area contributed by atoms with Crippen LogP contribution < -0.4 is 19.6 Å². The third-order valence-corrected chi connectivity index (χ3v) is 11.7. The molecule has 0 saturated heterocycles. The number of para-hydroxylation sites is 4. The van der Waals surface area contributed by atoms with Crippen molar-refractivity contribution in [3.8, 4) is 0 Å². The van der Waals surface area contributed by atoms with Gasteiger partial charge in [-0.3, -0.25) is 0 Å². The molecule has 0 saturated carbocycles. The Morgan fingerprint density at radius 2 is 0.982 bits per heavy atom. The van der Waals surface area contributed by atoms with E-state index in [9.17, 15) is 0 Å². The molecule has 0 fully saturated rings. The lowest BCUT2D eigenvalue weighted by Crippen LogP contribution is -2.59. The zero-order chi connectivity index (χ0) is 37.6. The number of nitrogens with zero attached hydrogens (tertiary/aromatic N) is 8. The predicted molar refractivity (Wildman–Crippen MR) is 223 cm³/mol. The number of fused-ring (bicyclic) bond motifs is 14. The molecule has 4 unspecified atom stereocenters. The number of aromatic nitrogens is 4. The lowest BCUT2D eigenvalue weighted by atomic mass is 9.74. The molecule has 4 aliphatic heterocycles. The van der Waals surface area contributed by atoms with E-state index in [-0.39, 0.29) is 35.0 Å². The summed E-state index contributed by atoms with van der Waals surface area (Å²) in [5.74, 6) is 3.56. The maximum absolute atomic E-state index is 5.54. The molecule has 0 spiro atoms. The van der Waals surface area contributed by atoms with Crippen LogP contribution >= 0.6 is 0 Å². The van der Waals surface area contributed by atoms with Crippen molar-refractivity contribution in [2.24, 2.45) is 5.92 Å². The van der Waals surface area contributed by atoms with Crippen LogP contribution in [0.2, 0.25) is 0 Å². The van der Waals surface area contributed by atoms with Gasteiger partial charge in [-0.2, -0.15) is 0 Å². The summed E-state index contributed by atoms with van der Waals surface area (Å²) in [4.78, 5) is 31.7. The van der Waals surface area contributed by atoms with Gasteiger partial charge >= 0.3 is 0 Å². The molecule has 4 aliphatic rings. The third kappa shape index (κ3) is 5.18. The number of anilines is 8. The van der Waals surface area contributed by atoms with Gasteiger partial charge < -0.3 is 19.6 Å². The second-order valence-corrected chi connectivity index (χ2v) is 17.2. The minimum atomic E-state index is -0.234. The summed E-state index contributed by atoms with van der Waals surface area (Å²) in [6.07, 6.45) is 9.08. The molecule has 10 rings (SSSR count). The molecular weight excluding hydrogens is 677 g/mol. The summed E-state index contributed by atoms with van der Waals surface area (Å²) < 4.78 is 0. The molecule has 0 bridgehead atoms. The Balaban J connectivity index is 1.31. The number of rotatable bonds is 2. The quantitative estimate of drug-likeness (QED) is 0.175. The van der Waals surface area contributed by atoms with E-state index >= 15 is 0 Å². The van der Waals surface area contributed by atoms with Crippen molar-refractivity contribution in [3.05, 3.63) is 150 Å². The van der Waals surface area contributed by atoms with Gasteiger partial charge in [0.25, 0.3) is 0 Å². The summed E-state index contributed by atoms with van der Waals surface area (Å²) in [7, 11) is 0. The average Bonchev–Trinajstić information content (AvgIpc) is 3.72. The molecule has 0 amide bonds. The van der Waals surface area contributed by atoms with Crippen molar-refractivity contribution in [1.82, 2.24) is 19.9 Å². The molecular formula is C47H46N8. The highest BCUT2D eigenvalue weighted by Crippen LogP contribution is 2.61. The predicted octanol–water partition coefficient (Wildman–Crippen LogP) is 10.9. The Morgan fingerprint density at radius 1 is 0.509 bits per heavy atom. The summed E-state index contributed by atoms with van der Waals surface area (Å²) in [5, 5.41) is 0. The van der Waals surface area contributed by atoms with Crippen LogP contribution in [0.25, 0.3) is 6.08 Å². The molecule has 0 N–H and O–H groups in total. The number of hydrogen-bond donors (Lipinski definition) is 0. The average molecular weight is 723 g/mol. The first-order chi connectivity index (χ1) is 26.6. The van der Waals surface area contributed by atoms with Gasteiger partial charge in [-0.25, -0.2) is 19.9 Å². The van der Waals surface area contributed by atoms with Crippen LogP contribution in [0, 0.1) is 5.92 Å². The van der Waals surface area contributed by atoms with Gasteiger partial charge in [-0.05, 0) is 59.9 Å². The maximum Gasteiger partial charge on any atom is 0.178 e. The van der Waals surface area contributed by atoms with Gasteiger partial charge in [0.1, 0.15) is 12.3 Å². The lowest BCUT2D eigenvalue weighted by molar-refractivity contribution is 0.290. The monoisotopic (exact) mass is 722 g/mol. The van der Waals surface area contributed by atoms with E-state index in [1.54, 1.807) is 0 Å². The fourth-order valence-electron chi connectivity index (χ4n) is 9.06. The fourth-order valence-corrected chi connectivity index (χ4v) is 9.06. The van der Waals surface area contributed by atoms with E-state index in [0.717, 1.165) is 63.7 Å². The molecule has 2 aromatic heterocycles. The van der Waals surface area contributed by atoms with Crippen LogP contribution in [0.15, 0.2) is 128 Å². The van der Waals surface area contributed by atoms with Gasteiger partial charge in [0.15, 0.2) is 23.3 Å². The van der Waals surface area contributed by atoms with E-state index in [0.29, 0.717) is 0 Å². The van der Waals surface area contributed by atoms with Gasteiger partial charge in [-0.1, -0.05) is 126 Å². The molecule has 4 atom stereocenters. The molecule has 6 heterocycles. The standard InChI is InChI=1S/C47H46N8/c1-46(2,3)37-29-49-41-42(50-37)53(32-22-11-8-12-23-32)45-39-34(25-17-19-30-18-13-15-26-35(30)54(41)45)33-24-14-16-27-36(33)55-43-40(48-28-38(51-43)47(4,5)6)52(44(39)55)31-20-9-7-10-21-31/h7-24,26-29,34,39,44-45H,25H2,1-6H3/b19-17+. The Kier molecular flexibility index (Phi) is 7.47. The SMILES string of the molecule is CC(C)(C)c1cnc2c(n1)N(c1ccccc1)C1C3C(C/C=C/c4ccccc4N21)c1ccccc1N1c2nc(C(C)(C)C)cnc2N(c2ccccc2)C31. The number of benzene rings is 4. The van der Waals surface area contributed by atoms with E-state index in [1.165, 1.54) is 11.3 Å². The van der Waals surface area contributed by atoms with Crippen LogP contribution in [0.1, 0.15) is 76.4 Å². The minimum Gasteiger partial charge on any atom is -0.301 e. The van der Waals surface area contributed by atoms with Crippen LogP contribution in [-0.2, 0) is 10.8 Å². The van der Waals surface area contributed by atoms with Gasteiger partial charge in [-0.15, -0.1) is 0 Å². The molecule has 55 heavy (non-hydrogen) atoms. The lowest BCUT2D eigenvalue weighted by Gasteiger charge is -2.51. The summed E-state index contributed by atoms with van der Waals surface area (Å²) in [5.41, 5.74) is 8.48. The van der Waals surface area contributed by atoms with Gasteiger partial charge in [0, 0.05) is 33.8 Å². The van der Waals surface area contributed by atoms with Crippen molar-refractivity contribution in [1.29, 1.82) is 0 Å². The molecule has 4 aromatic carbocycles. The summed E-state index contributed by atoms with van der Waals surface area (Å²) in [6.45, 7) is 13.3. The smallest absolute Gasteiger partial charge is 0.178 e. The van der Waals surface area contributed by atoms with Crippen molar-refractivity contribution < 1.29 is 0 Å². The fraction of sp³-hybridized carbons (Fsp3) is 0.277. The zero-order valence-electron chi connectivity index (χ0n) is 32.3. The molecule has 0 aliphatic carbocycles. The Labute approximate surface area is 323 Å². The molecule has 8 nitrogen and oxygen atoms in total. The Bertz CT molecular complexity index is 2450. The van der Waals surface area contributed by atoms with Crippen molar-refractivity contribution in [2.45, 2.75) is 77.0 Å². The van der Waals surface area contributed by atoms with Crippen molar-refractivity contribution in [2.75, 3.05) is 19.6 Å². The number of hydrogen-bond acceptors (Lipinski definition) is 8. The van der Waals surface area contributed by atoms with E-state index in [1.807, 2.05) is 12.4 Å². The largest absolute Gasteiger partial charge is 0.301 e. The molecule has 6 aromatic rings. The Hall–Kier alpha value is -6.02. The number of allylic oxidation sites excluding steroid dienone is 1. The van der Waals surface area contributed by atoms with Gasteiger partial charge in [0.05, 0.1) is 29.5 Å². The highest BCUT2D eigenvalue weighted by atomic mass is 15.5. The maximum atomic E-state index is 5.54. The van der Waals surface area contributed by atoms with Crippen molar-refractivity contribution >= 4 is 52.1 Å². The van der Waals surface area contributed by atoms with Gasteiger partial charge in [0.2, 0.25) is 0 Å². The summed E-state index contributed by atoms with van der Waals surface area (Å²) in [6, 6.07) is 39.3. The van der Waals surface area contributed by atoms with E-state index in [2.05, 4.69) is 182 Å². The second-order valence-electron chi connectivity index (χ2n) is 17.2. The summed E-state index contributed by atoms with van der Waals surface area (Å²) >= 11 is 0. The van der Waals surface area contributed by atoms with Crippen LogP contribution in [-0.4, -0.2) is 32.3 Å². The topological polar surface area (TPSA) is 64.5 Å². The Morgan fingerprint density at radius 3 is 1.58 bits per heavy atom. The van der Waals surface area contributed by atoms with E-state index < -0.39 is 0 Å². The van der Waals surface area contributed by atoms with E-state index in [4.69, 9.17) is 19.9 Å². The van der Waals surface area contributed by atoms with Crippen LogP contribution in [0.3, 0.4) is 0 Å². The normalized spacial score (nSPS) is 21.6. The second kappa shape index (κ2) is 12.2. The minimum absolute atomic E-state index is 0.0470. The first kappa shape index (κ1) is 33.5. The van der Waals surface area contributed by atoms with Crippen LogP contribution in [0.5, 0.6) is 0 Å². The molecule has 0 radical (unpaired) electrons. The highest BCUT2D eigenvalue weighted by molar-refractivity contribution is 5.90. The first-order valence-electron chi connectivity index (χ1n) is 19.5. The molecule has 8 heteroatoms. The van der Waals surface area contributed by atoms with Crippen molar-refractivity contribution in [3.63, 3.8) is 0 Å². The molecule has 274 valence electrons. The zero-order valence-corrected chi connectivity index (χ0v) is 32.3. The third-order valence-electron chi connectivity index (χ3n) is 11.7. The highest BCUT2D eigenvalue weighted by Gasteiger charge is 2.59. The first-order valence-corrected chi connectivity index (χ1v) is 19.5. The van der Waals surface area contributed by atoms with Crippen LogP contribution in [0.4, 0.5) is 46.0 Å².